The number of hydrogen-bond acceptors (Lipinski definition) is 3. The zero-order chi connectivity index (χ0) is 19.2. The molecule has 1 aliphatic rings. The van der Waals surface area contributed by atoms with Crippen LogP contribution in [-0.4, -0.2) is 36.4 Å². The fourth-order valence-corrected chi connectivity index (χ4v) is 3.24. The van der Waals surface area contributed by atoms with Gasteiger partial charge >= 0.3 is 0 Å². The zero-order valence-corrected chi connectivity index (χ0v) is 15.2. The molecule has 2 aromatic rings. The number of amides is 2. The zero-order valence-electron chi connectivity index (χ0n) is 15.2. The Bertz CT molecular complexity index is 780. The van der Waals surface area contributed by atoms with E-state index in [-0.39, 0.29) is 36.2 Å². The van der Waals surface area contributed by atoms with Crippen molar-refractivity contribution in [3.63, 3.8) is 0 Å². The summed E-state index contributed by atoms with van der Waals surface area (Å²) in [4.78, 5) is 26.2. The summed E-state index contributed by atoms with van der Waals surface area (Å²) < 4.78 is 18.9. The highest BCUT2D eigenvalue weighted by Gasteiger charge is 2.27. The monoisotopic (exact) mass is 370 g/mol. The predicted molar refractivity (Wildman–Crippen MR) is 99.3 cm³/mol. The smallest absolute Gasteiger partial charge is 0.225 e. The predicted octanol–water partition coefficient (Wildman–Crippen LogP) is 2.99. The van der Waals surface area contributed by atoms with Crippen LogP contribution in [0.5, 0.6) is 0 Å². The second-order valence-corrected chi connectivity index (χ2v) is 6.62. The Labute approximate surface area is 158 Å². The van der Waals surface area contributed by atoms with E-state index in [2.05, 4.69) is 5.32 Å². The summed E-state index contributed by atoms with van der Waals surface area (Å²) in [5, 5.41) is 2.86. The number of halogens is 1. The lowest BCUT2D eigenvalue weighted by Crippen LogP contribution is -2.43. The molecule has 0 radical (unpaired) electrons. The van der Waals surface area contributed by atoms with E-state index in [0.717, 1.165) is 11.1 Å². The van der Waals surface area contributed by atoms with E-state index in [4.69, 9.17) is 4.74 Å². The van der Waals surface area contributed by atoms with E-state index >= 15 is 0 Å². The molecule has 1 saturated heterocycles. The molecule has 1 heterocycles. The van der Waals surface area contributed by atoms with E-state index in [0.29, 0.717) is 19.7 Å². The number of morpholine rings is 1. The number of nitrogens with zero attached hydrogens (tertiary/aromatic N) is 1. The van der Waals surface area contributed by atoms with Crippen LogP contribution in [0.3, 0.4) is 0 Å². The summed E-state index contributed by atoms with van der Waals surface area (Å²) in [6.07, 6.45) is -0.0982. The van der Waals surface area contributed by atoms with Gasteiger partial charge in [-0.05, 0) is 23.3 Å². The molecule has 2 aromatic carbocycles. The van der Waals surface area contributed by atoms with Crippen LogP contribution in [0.25, 0.3) is 0 Å². The van der Waals surface area contributed by atoms with Crippen LogP contribution in [0, 0.1) is 5.82 Å². The van der Waals surface area contributed by atoms with Crippen LogP contribution in [-0.2, 0) is 14.3 Å². The summed E-state index contributed by atoms with van der Waals surface area (Å²) in [6, 6.07) is 15.2. The molecule has 3 rings (SSSR count). The van der Waals surface area contributed by atoms with Gasteiger partial charge in [0.25, 0.3) is 0 Å². The number of rotatable bonds is 5. The molecule has 6 heteroatoms. The first-order valence-electron chi connectivity index (χ1n) is 9.00. The van der Waals surface area contributed by atoms with Gasteiger partial charge in [0.05, 0.1) is 25.6 Å². The van der Waals surface area contributed by atoms with Gasteiger partial charge in [-0.3, -0.25) is 9.59 Å². The van der Waals surface area contributed by atoms with Crippen molar-refractivity contribution in [1.29, 1.82) is 0 Å². The Hall–Kier alpha value is -2.73. The van der Waals surface area contributed by atoms with Gasteiger partial charge in [-0.1, -0.05) is 42.5 Å². The van der Waals surface area contributed by atoms with Gasteiger partial charge in [-0.25, -0.2) is 4.39 Å². The van der Waals surface area contributed by atoms with Crippen molar-refractivity contribution in [2.45, 2.75) is 25.5 Å². The van der Waals surface area contributed by atoms with Crippen LogP contribution in [0.2, 0.25) is 0 Å². The van der Waals surface area contributed by atoms with Gasteiger partial charge in [-0.15, -0.1) is 0 Å². The molecule has 0 spiro atoms. The molecule has 0 saturated carbocycles. The number of ether oxygens (including phenoxy) is 1. The normalized spacial score (nSPS) is 18.0. The Morgan fingerprint density at radius 2 is 1.89 bits per heavy atom. The molecule has 142 valence electrons. The highest BCUT2D eigenvalue weighted by atomic mass is 19.1. The quantitative estimate of drug-likeness (QED) is 0.880. The first kappa shape index (κ1) is 19.0. The molecule has 2 unspecified atom stereocenters. The molecule has 1 N–H and O–H groups in total. The summed E-state index contributed by atoms with van der Waals surface area (Å²) in [7, 11) is 0. The lowest BCUT2D eigenvalue weighted by Gasteiger charge is -2.34. The van der Waals surface area contributed by atoms with Crippen LogP contribution < -0.4 is 5.32 Å². The molecule has 2 amide bonds. The van der Waals surface area contributed by atoms with Crippen LogP contribution >= 0.6 is 0 Å². The van der Waals surface area contributed by atoms with E-state index in [1.54, 1.807) is 17.0 Å². The number of nitrogens with one attached hydrogen (secondary N) is 1. The molecule has 0 aromatic heterocycles. The number of benzene rings is 2. The average molecular weight is 370 g/mol. The number of carbonyl (C=O) groups excluding carboxylic acids is 2. The highest BCUT2D eigenvalue weighted by Crippen LogP contribution is 2.24. The molecule has 5 nitrogen and oxygen atoms in total. The average Bonchev–Trinajstić information content (AvgIpc) is 2.68. The summed E-state index contributed by atoms with van der Waals surface area (Å²) in [5.74, 6) is -0.528. The largest absolute Gasteiger partial charge is 0.370 e. The lowest BCUT2D eigenvalue weighted by molar-refractivity contribution is -0.139. The molecular formula is C21H23FN2O3. The second kappa shape index (κ2) is 8.77. The van der Waals surface area contributed by atoms with Crippen molar-refractivity contribution in [2.75, 3.05) is 19.7 Å². The Morgan fingerprint density at radius 3 is 2.56 bits per heavy atom. The van der Waals surface area contributed by atoms with Gasteiger partial charge in [0.2, 0.25) is 11.8 Å². The van der Waals surface area contributed by atoms with Gasteiger partial charge < -0.3 is 15.0 Å². The highest BCUT2D eigenvalue weighted by molar-refractivity contribution is 5.79. The van der Waals surface area contributed by atoms with Crippen molar-refractivity contribution < 1.29 is 18.7 Å². The second-order valence-electron chi connectivity index (χ2n) is 6.62. The lowest BCUT2D eigenvalue weighted by atomic mass is 10.0. The molecule has 0 bridgehead atoms. The first-order chi connectivity index (χ1) is 13.0. The van der Waals surface area contributed by atoms with Crippen molar-refractivity contribution in [3.8, 4) is 0 Å². The Balaban J connectivity index is 1.68. The van der Waals surface area contributed by atoms with Gasteiger partial charge in [-0.2, -0.15) is 0 Å². The third kappa shape index (κ3) is 5.14. The summed E-state index contributed by atoms with van der Waals surface area (Å²) in [5.41, 5.74) is 1.74. The Kier molecular flexibility index (Phi) is 6.19. The van der Waals surface area contributed by atoms with E-state index in [1.165, 1.54) is 19.1 Å². The number of hydrogen-bond donors (Lipinski definition) is 1. The summed E-state index contributed by atoms with van der Waals surface area (Å²) in [6.45, 7) is 2.77. The van der Waals surface area contributed by atoms with Crippen LogP contribution in [0.15, 0.2) is 54.6 Å². The van der Waals surface area contributed by atoms with E-state index in [1.807, 2.05) is 30.3 Å². The van der Waals surface area contributed by atoms with Gasteiger partial charge in [0.1, 0.15) is 11.9 Å². The van der Waals surface area contributed by atoms with Gasteiger partial charge in [0, 0.05) is 13.5 Å². The molecule has 1 aliphatic heterocycles. The first-order valence-corrected chi connectivity index (χ1v) is 9.00. The minimum absolute atomic E-state index is 0.0481. The Morgan fingerprint density at radius 1 is 1.19 bits per heavy atom. The van der Waals surface area contributed by atoms with Crippen molar-refractivity contribution in [1.82, 2.24) is 10.2 Å². The maximum absolute atomic E-state index is 13.1. The van der Waals surface area contributed by atoms with E-state index < -0.39 is 0 Å². The third-order valence-electron chi connectivity index (χ3n) is 4.62. The van der Waals surface area contributed by atoms with E-state index in [9.17, 15) is 14.0 Å². The molecule has 27 heavy (non-hydrogen) atoms. The minimum atomic E-state index is -0.372. The summed E-state index contributed by atoms with van der Waals surface area (Å²) >= 11 is 0. The van der Waals surface area contributed by atoms with Crippen LogP contribution in [0.4, 0.5) is 4.39 Å². The van der Waals surface area contributed by atoms with Crippen molar-refractivity contribution in [2.24, 2.45) is 0 Å². The standard InChI is InChI=1S/C21H23FN2O3/c1-15(25)23-19(16-5-3-2-4-6-16)13-21(26)24-11-12-27-20(14-24)17-7-9-18(22)10-8-17/h2-10,19-20H,11-14H2,1H3,(H,23,25). The SMILES string of the molecule is CC(=O)NC(CC(=O)N1CCOC(c2ccc(F)cc2)C1)c1ccccc1. The minimum Gasteiger partial charge on any atom is -0.370 e. The number of carbonyl (C=O) groups is 2. The maximum atomic E-state index is 13.1. The molecule has 2 atom stereocenters. The van der Waals surface area contributed by atoms with Gasteiger partial charge in [0.15, 0.2) is 0 Å². The van der Waals surface area contributed by atoms with Crippen molar-refractivity contribution in [3.05, 3.63) is 71.5 Å². The fourth-order valence-electron chi connectivity index (χ4n) is 3.24. The fraction of sp³-hybridized carbons (Fsp3) is 0.333. The van der Waals surface area contributed by atoms with Crippen molar-refractivity contribution >= 4 is 11.8 Å². The third-order valence-corrected chi connectivity index (χ3v) is 4.62. The topological polar surface area (TPSA) is 58.6 Å². The molecular weight excluding hydrogens is 347 g/mol. The molecule has 1 fully saturated rings. The molecule has 0 aliphatic carbocycles. The maximum Gasteiger partial charge on any atom is 0.225 e. The van der Waals surface area contributed by atoms with Crippen LogP contribution in [0.1, 0.15) is 36.6 Å².